The number of phenols is 6. The summed E-state index contributed by atoms with van der Waals surface area (Å²) in [7, 11) is 0. The van der Waals surface area contributed by atoms with Gasteiger partial charge < -0.3 is 62.5 Å². The first-order valence-electron chi connectivity index (χ1n) is 14.4. The SMILES string of the molecule is C#CCNC(=O)C(CNC(=O)C(CNC(=O)CNC(=O)c1cccc(O)c1O)NC(=O)c1cccc(O)c1O)NC(=O)c1cccc(O)c1O. The Hall–Kier alpha value is -7.16. The molecule has 18 nitrogen and oxygen atoms in total. The van der Waals surface area contributed by atoms with Crippen LogP contribution in [0.4, 0.5) is 0 Å². The minimum atomic E-state index is -1.64. The zero-order chi connectivity index (χ0) is 37.0. The Morgan fingerprint density at radius 2 is 0.960 bits per heavy atom. The summed E-state index contributed by atoms with van der Waals surface area (Å²) >= 11 is 0. The second kappa shape index (κ2) is 17.1. The fourth-order valence-corrected chi connectivity index (χ4v) is 4.16. The monoisotopic (exact) mass is 692 g/mol. The number of hydrogen-bond donors (Lipinski definition) is 12. The van der Waals surface area contributed by atoms with E-state index < -0.39 is 113 Å². The van der Waals surface area contributed by atoms with Crippen molar-refractivity contribution in [2.45, 2.75) is 12.1 Å². The normalized spacial score (nSPS) is 11.5. The molecular formula is C32H32N6O12. The molecule has 18 heteroatoms. The molecule has 3 rings (SSSR count). The van der Waals surface area contributed by atoms with Crippen molar-refractivity contribution in [3.8, 4) is 46.8 Å². The van der Waals surface area contributed by atoms with Crippen LogP contribution in [0.1, 0.15) is 31.1 Å². The topological polar surface area (TPSA) is 296 Å². The highest BCUT2D eigenvalue weighted by Gasteiger charge is 2.28. The van der Waals surface area contributed by atoms with Gasteiger partial charge in [0.2, 0.25) is 17.7 Å². The second-order valence-corrected chi connectivity index (χ2v) is 10.2. The maximum absolute atomic E-state index is 13.3. The first-order valence-corrected chi connectivity index (χ1v) is 14.4. The zero-order valence-corrected chi connectivity index (χ0v) is 25.9. The quantitative estimate of drug-likeness (QED) is 0.0660. The van der Waals surface area contributed by atoms with Crippen molar-refractivity contribution in [3.05, 3.63) is 71.3 Å². The van der Waals surface area contributed by atoms with Crippen molar-refractivity contribution in [2.75, 3.05) is 26.2 Å². The van der Waals surface area contributed by atoms with Crippen molar-refractivity contribution >= 4 is 35.4 Å². The van der Waals surface area contributed by atoms with E-state index >= 15 is 0 Å². The van der Waals surface area contributed by atoms with E-state index in [2.05, 4.69) is 37.8 Å². The molecule has 0 aromatic heterocycles. The number of carbonyl (C=O) groups excluding carboxylic acids is 6. The maximum atomic E-state index is 13.3. The van der Waals surface area contributed by atoms with Crippen LogP contribution in [0.2, 0.25) is 0 Å². The third-order valence-corrected chi connectivity index (χ3v) is 6.78. The number of para-hydroxylation sites is 3. The smallest absolute Gasteiger partial charge is 0.255 e. The molecule has 50 heavy (non-hydrogen) atoms. The Morgan fingerprint density at radius 3 is 1.40 bits per heavy atom. The van der Waals surface area contributed by atoms with Crippen molar-refractivity contribution in [1.29, 1.82) is 0 Å². The molecule has 0 fully saturated rings. The molecule has 0 aliphatic heterocycles. The van der Waals surface area contributed by atoms with E-state index in [4.69, 9.17) is 6.42 Å². The van der Waals surface area contributed by atoms with Gasteiger partial charge in [-0.15, -0.1) is 6.42 Å². The van der Waals surface area contributed by atoms with Gasteiger partial charge in [-0.25, -0.2) is 0 Å². The molecule has 0 saturated heterocycles. The van der Waals surface area contributed by atoms with Crippen LogP contribution >= 0.6 is 0 Å². The van der Waals surface area contributed by atoms with Crippen LogP contribution in [0.3, 0.4) is 0 Å². The summed E-state index contributed by atoms with van der Waals surface area (Å²) in [4.78, 5) is 76.9. The average Bonchev–Trinajstić information content (AvgIpc) is 3.09. The fraction of sp³-hybridized carbons (Fsp3) is 0.188. The van der Waals surface area contributed by atoms with Crippen LogP contribution in [0, 0.1) is 12.3 Å². The summed E-state index contributed by atoms with van der Waals surface area (Å²) in [6, 6.07) is 7.41. The summed E-state index contributed by atoms with van der Waals surface area (Å²) in [5.41, 5.74) is -1.19. The van der Waals surface area contributed by atoms with Gasteiger partial charge in [-0.1, -0.05) is 24.1 Å². The Kier molecular flexibility index (Phi) is 12.8. The highest BCUT2D eigenvalue weighted by atomic mass is 16.3. The molecule has 12 N–H and O–H groups in total. The summed E-state index contributed by atoms with van der Waals surface area (Å²) in [5.74, 6) is -7.78. The largest absolute Gasteiger partial charge is 0.504 e. The Balaban J connectivity index is 1.76. The number of carbonyl (C=O) groups is 6. The van der Waals surface area contributed by atoms with Crippen LogP contribution in [0.25, 0.3) is 0 Å². The molecule has 0 aliphatic rings. The van der Waals surface area contributed by atoms with Crippen LogP contribution in [0.15, 0.2) is 54.6 Å². The summed E-state index contributed by atoms with van der Waals surface area (Å²) < 4.78 is 0. The molecule has 2 atom stereocenters. The van der Waals surface area contributed by atoms with Gasteiger partial charge in [-0.3, -0.25) is 28.8 Å². The number of aromatic hydroxyl groups is 6. The van der Waals surface area contributed by atoms with E-state index in [0.717, 1.165) is 30.3 Å². The molecular weight excluding hydrogens is 660 g/mol. The lowest BCUT2D eigenvalue weighted by Crippen LogP contribution is -2.57. The Bertz CT molecular complexity index is 1840. The highest BCUT2D eigenvalue weighted by molar-refractivity contribution is 6.02. The summed E-state index contributed by atoms with van der Waals surface area (Å²) in [6.45, 7) is -2.23. The predicted molar refractivity (Wildman–Crippen MR) is 172 cm³/mol. The standard InChI is InChI=1S/C32H32N6O12/c1-2-12-33-31(49)20(38-30(48)18-8-5-11-23(41)27(18)45)14-35-32(50)19(37-29(47)17-7-4-10-22(40)26(17)44)13-34-24(42)15-36-28(46)16-6-3-9-21(39)25(16)43/h1,3-11,19-20,39-41,43-45H,12-15H2,(H,33,49)(H,34,42)(H,35,50)(H,36,46)(H,37,47)(H,38,48). The molecule has 3 aromatic carbocycles. The van der Waals surface area contributed by atoms with Crippen LogP contribution in [-0.2, 0) is 14.4 Å². The van der Waals surface area contributed by atoms with Gasteiger partial charge in [0.1, 0.15) is 12.1 Å². The molecule has 2 unspecified atom stereocenters. The van der Waals surface area contributed by atoms with Crippen LogP contribution in [0.5, 0.6) is 34.5 Å². The van der Waals surface area contributed by atoms with Crippen LogP contribution < -0.4 is 31.9 Å². The Labute approximate surface area is 283 Å². The van der Waals surface area contributed by atoms with Gasteiger partial charge in [-0.2, -0.15) is 0 Å². The van der Waals surface area contributed by atoms with Gasteiger partial charge >= 0.3 is 0 Å². The summed E-state index contributed by atoms with van der Waals surface area (Å²) in [6.07, 6.45) is 5.18. The zero-order valence-electron chi connectivity index (χ0n) is 25.9. The van der Waals surface area contributed by atoms with Crippen molar-refractivity contribution < 1.29 is 59.4 Å². The van der Waals surface area contributed by atoms with E-state index in [1.54, 1.807) is 0 Å². The first kappa shape index (κ1) is 37.3. The van der Waals surface area contributed by atoms with E-state index in [1.165, 1.54) is 24.3 Å². The highest BCUT2D eigenvalue weighted by Crippen LogP contribution is 2.29. The molecule has 0 bridgehead atoms. The summed E-state index contributed by atoms with van der Waals surface area (Å²) in [5, 5.41) is 72.9. The molecule has 0 heterocycles. The van der Waals surface area contributed by atoms with Gasteiger partial charge in [0.05, 0.1) is 29.8 Å². The minimum Gasteiger partial charge on any atom is -0.504 e. The molecule has 262 valence electrons. The van der Waals surface area contributed by atoms with E-state index in [9.17, 15) is 59.4 Å². The molecule has 3 aromatic rings. The molecule has 0 saturated carbocycles. The van der Waals surface area contributed by atoms with Crippen LogP contribution in [-0.4, -0.2) is 104 Å². The van der Waals surface area contributed by atoms with Gasteiger partial charge in [0.15, 0.2) is 34.5 Å². The van der Waals surface area contributed by atoms with Gasteiger partial charge in [0.25, 0.3) is 17.7 Å². The number of nitrogens with one attached hydrogen (secondary N) is 6. The van der Waals surface area contributed by atoms with E-state index in [-0.39, 0.29) is 12.1 Å². The third kappa shape index (κ3) is 9.68. The number of phenolic OH excluding ortho intramolecular Hbond substituents is 6. The van der Waals surface area contributed by atoms with Gasteiger partial charge in [-0.05, 0) is 36.4 Å². The molecule has 0 aliphatic carbocycles. The second-order valence-electron chi connectivity index (χ2n) is 10.2. The molecule has 0 radical (unpaired) electrons. The fourth-order valence-electron chi connectivity index (χ4n) is 4.16. The van der Waals surface area contributed by atoms with E-state index in [0.29, 0.717) is 0 Å². The lowest BCUT2D eigenvalue weighted by atomic mass is 10.1. The van der Waals surface area contributed by atoms with Crippen molar-refractivity contribution in [3.63, 3.8) is 0 Å². The number of rotatable bonds is 14. The molecule has 0 spiro atoms. The van der Waals surface area contributed by atoms with E-state index in [1.807, 2.05) is 0 Å². The number of terminal acetylenes is 1. The minimum absolute atomic E-state index is 0.268. The first-order chi connectivity index (χ1) is 23.7. The number of benzene rings is 3. The predicted octanol–water partition coefficient (Wildman–Crippen LogP) is -1.77. The maximum Gasteiger partial charge on any atom is 0.255 e. The van der Waals surface area contributed by atoms with Crippen molar-refractivity contribution in [2.24, 2.45) is 0 Å². The van der Waals surface area contributed by atoms with Crippen molar-refractivity contribution in [1.82, 2.24) is 31.9 Å². The van der Waals surface area contributed by atoms with Gasteiger partial charge in [0, 0.05) is 13.1 Å². The number of hydrogen-bond acceptors (Lipinski definition) is 12. The average molecular weight is 693 g/mol. The Morgan fingerprint density at radius 1 is 0.560 bits per heavy atom. The lowest BCUT2D eigenvalue weighted by molar-refractivity contribution is -0.124. The lowest BCUT2D eigenvalue weighted by Gasteiger charge is -2.22. The molecule has 6 amide bonds. The third-order valence-electron chi connectivity index (χ3n) is 6.78. The number of amides is 6.